The second-order valence-corrected chi connectivity index (χ2v) is 5.48. The number of benzene rings is 1. The Morgan fingerprint density at radius 1 is 1.04 bits per heavy atom. The first-order valence-electron chi connectivity index (χ1n) is 7.74. The van der Waals surface area contributed by atoms with Crippen LogP contribution in [0.5, 0.6) is 11.5 Å². The minimum Gasteiger partial charge on any atom is -0.464 e. The molecule has 0 spiro atoms. The van der Waals surface area contributed by atoms with Crippen molar-refractivity contribution in [3.05, 3.63) is 17.7 Å². The topological polar surface area (TPSA) is 99.2 Å². The van der Waals surface area contributed by atoms with Crippen LogP contribution in [0, 0.1) is 0 Å². The number of anilines is 1. The first-order valence-corrected chi connectivity index (χ1v) is 7.74. The molecule has 0 aromatic heterocycles. The van der Waals surface area contributed by atoms with E-state index in [1.165, 1.54) is 37.8 Å². The fourth-order valence-electron chi connectivity index (χ4n) is 2.73. The van der Waals surface area contributed by atoms with Gasteiger partial charge in [-0.2, -0.15) is 0 Å². The zero-order valence-electron chi connectivity index (χ0n) is 14.5. The molecular formula is C17H19NO7. The van der Waals surface area contributed by atoms with Gasteiger partial charge in [0.25, 0.3) is 0 Å². The van der Waals surface area contributed by atoms with Crippen molar-refractivity contribution in [3.63, 3.8) is 0 Å². The van der Waals surface area contributed by atoms with Gasteiger partial charge in [-0.15, -0.1) is 0 Å². The molecule has 1 unspecified atom stereocenters. The molecule has 1 aliphatic rings. The van der Waals surface area contributed by atoms with Crippen molar-refractivity contribution in [2.45, 2.75) is 40.2 Å². The molecule has 0 aliphatic carbocycles. The third kappa shape index (κ3) is 3.96. The number of esters is 3. The van der Waals surface area contributed by atoms with E-state index in [0.717, 1.165) is 0 Å². The van der Waals surface area contributed by atoms with Gasteiger partial charge in [0.15, 0.2) is 11.5 Å². The third-order valence-electron chi connectivity index (χ3n) is 3.53. The minimum absolute atomic E-state index is 0.00258. The van der Waals surface area contributed by atoms with E-state index >= 15 is 0 Å². The Balaban J connectivity index is 2.51. The van der Waals surface area contributed by atoms with Gasteiger partial charge in [0.1, 0.15) is 6.04 Å². The van der Waals surface area contributed by atoms with Crippen molar-refractivity contribution in [1.29, 1.82) is 0 Å². The van der Waals surface area contributed by atoms with Crippen molar-refractivity contribution in [2.75, 3.05) is 11.5 Å². The van der Waals surface area contributed by atoms with Crippen molar-refractivity contribution < 1.29 is 33.4 Å². The molecule has 8 heteroatoms. The molecule has 0 radical (unpaired) electrons. The highest BCUT2D eigenvalue weighted by molar-refractivity contribution is 6.01. The molecule has 0 N–H and O–H groups in total. The van der Waals surface area contributed by atoms with E-state index in [1.807, 2.05) is 0 Å². The summed E-state index contributed by atoms with van der Waals surface area (Å²) in [5, 5.41) is 0. The first-order chi connectivity index (χ1) is 11.7. The predicted molar refractivity (Wildman–Crippen MR) is 86.3 cm³/mol. The average Bonchev–Trinajstić information content (AvgIpc) is 2.85. The van der Waals surface area contributed by atoms with Gasteiger partial charge in [-0.25, -0.2) is 4.79 Å². The summed E-state index contributed by atoms with van der Waals surface area (Å²) in [6.45, 7) is 5.61. The van der Waals surface area contributed by atoms with Crippen LogP contribution >= 0.6 is 0 Å². The van der Waals surface area contributed by atoms with E-state index < -0.39 is 23.9 Å². The van der Waals surface area contributed by atoms with Gasteiger partial charge in [0.2, 0.25) is 5.91 Å². The second kappa shape index (κ2) is 7.33. The number of carbonyl (C=O) groups excluding carboxylic acids is 4. The molecule has 1 aromatic carbocycles. The maximum absolute atomic E-state index is 12.2. The van der Waals surface area contributed by atoms with Crippen LogP contribution in [-0.4, -0.2) is 36.5 Å². The monoisotopic (exact) mass is 349 g/mol. The van der Waals surface area contributed by atoms with Gasteiger partial charge >= 0.3 is 17.9 Å². The number of rotatable bonds is 4. The van der Waals surface area contributed by atoms with Crippen LogP contribution in [0.2, 0.25) is 0 Å². The highest BCUT2D eigenvalue weighted by Crippen LogP contribution is 2.41. The van der Waals surface area contributed by atoms with Crippen molar-refractivity contribution in [3.8, 4) is 11.5 Å². The molecule has 2 rings (SSSR count). The zero-order valence-corrected chi connectivity index (χ0v) is 14.5. The van der Waals surface area contributed by atoms with Gasteiger partial charge in [0, 0.05) is 33.3 Å². The first kappa shape index (κ1) is 18.4. The molecule has 0 saturated heterocycles. The largest absolute Gasteiger partial charge is 0.464 e. The maximum atomic E-state index is 12.2. The number of amides is 1. The van der Waals surface area contributed by atoms with Crippen LogP contribution in [-0.2, 0) is 30.3 Å². The highest BCUT2D eigenvalue weighted by atomic mass is 16.6. The van der Waals surface area contributed by atoms with Crippen LogP contribution in [0.3, 0.4) is 0 Å². The molecule has 0 fully saturated rings. The van der Waals surface area contributed by atoms with E-state index in [9.17, 15) is 19.2 Å². The molecule has 134 valence electrons. The third-order valence-corrected chi connectivity index (χ3v) is 3.53. The predicted octanol–water partition coefficient (Wildman–Crippen LogP) is 1.38. The normalized spacial score (nSPS) is 15.4. The van der Waals surface area contributed by atoms with E-state index in [4.69, 9.17) is 14.2 Å². The van der Waals surface area contributed by atoms with Gasteiger partial charge < -0.3 is 14.2 Å². The Morgan fingerprint density at radius 3 is 2.08 bits per heavy atom. The Morgan fingerprint density at radius 2 is 1.60 bits per heavy atom. The van der Waals surface area contributed by atoms with Crippen LogP contribution in [0.1, 0.15) is 33.3 Å². The summed E-state index contributed by atoms with van der Waals surface area (Å²) < 4.78 is 15.2. The van der Waals surface area contributed by atoms with Crippen LogP contribution in [0.4, 0.5) is 5.69 Å². The lowest BCUT2D eigenvalue weighted by Gasteiger charge is -2.22. The van der Waals surface area contributed by atoms with Crippen LogP contribution < -0.4 is 14.4 Å². The lowest BCUT2D eigenvalue weighted by Crippen LogP contribution is -2.42. The molecule has 1 heterocycles. The number of carbonyl (C=O) groups is 4. The second-order valence-electron chi connectivity index (χ2n) is 5.48. The number of hydrogen-bond donors (Lipinski definition) is 0. The quantitative estimate of drug-likeness (QED) is 0.598. The number of ether oxygens (including phenoxy) is 3. The van der Waals surface area contributed by atoms with E-state index in [0.29, 0.717) is 11.3 Å². The maximum Gasteiger partial charge on any atom is 0.329 e. The summed E-state index contributed by atoms with van der Waals surface area (Å²) in [6, 6.07) is 2.09. The van der Waals surface area contributed by atoms with Crippen molar-refractivity contribution in [2.24, 2.45) is 0 Å². The number of hydrogen-bond acceptors (Lipinski definition) is 7. The van der Waals surface area contributed by atoms with E-state index in [2.05, 4.69) is 0 Å². The summed E-state index contributed by atoms with van der Waals surface area (Å²) in [6.07, 6.45) is 0.211. The molecule has 1 amide bonds. The summed E-state index contributed by atoms with van der Waals surface area (Å²) >= 11 is 0. The zero-order chi connectivity index (χ0) is 18.7. The minimum atomic E-state index is -0.815. The smallest absolute Gasteiger partial charge is 0.329 e. The Bertz CT molecular complexity index is 741. The standard InChI is InChI=1S/C17H19NO7/c1-5-23-17(22)14-6-12-7-15(24-10(3)20)16(25-11(4)21)8-13(12)18(14)9(2)19/h7-8,14H,5-6H2,1-4H3. The average molecular weight is 349 g/mol. The highest BCUT2D eigenvalue weighted by Gasteiger charge is 2.39. The summed E-state index contributed by atoms with van der Waals surface area (Å²) in [5.41, 5.74) is 1.03. The summed E-state index contributed by atoms with van der Waals surface area (Å²) in [4.78, 5) is 48.1. The summed E-state index contributed by atoms with van der Waals surface area (Å²) in [7, 11) is 0. The molecule has 1 aromatic rings. The molecule has 1 aliphatic heterocycles. The van der Waals surface area contributed by atoms with Crippen molar-refractivity contribution in [1.82, 2.24) is 0 Å². The van der Waals surface area contributed by atoms with Gasteiger partial charge in [-0.1, -0.05) is 0 Å². The molecule has 0 saturated carbocycles. The lowest BCUT2D eigenvalue weighted by atomic mass is 10.1. The Labute approximate surface area is 144 Å². The molecule has 1 atom stereocenters. The van der Waals surface area contributed by atoms with Gasteiger partial charge in [-0.3, -0.25) is 19.3 Å². The van der Waals surface area contributed by atoms with Crippen LogP contribution in [0.15, 0.2) is 12.1 Å². The SMILES string of the molecule is CCOC(=O)C1Cc2cc(OC(C)=O)c(OC(C)=O)cc2N1C(C)=O. The summed E-state index contributed by atoms with van der Waals surface area (Å²) in [5.74, 6) is -2.03. The fraction of sp³-hybridized carbons (Fsp3) is 0.412. The van der Waals surface area contributed by atoms with E-state index in [1.54, 1.807) is 6.92 Å². The molecule has 8 nitrogen and oxygen atoms in total. The van der Waals surface area contributed by atoms with Gasteiger partial charge in [-0.05, 0) is 18.6 Å². The van der Waals surface area contributed by atoms with E-state index in [-0.39, 0.29) is 30.4 Å². The van der Waals surface area contributed by atoms with Gasteiger partial charge in [0.05, 0.1) is 12.3 Å². The molecular weight excluding hydrogens is 330 g/mol. The fourth-order valence-corrected chi connectivity index (χ4v) is 2.73. The Kier molecular flexibility index (Phi) is 5.41. The van der Waals surface area contributed by atoms with Crippen molar-refractivity contribution >= 4 is 29.5 Å². The number of fused-ring (bicyclic) bond motifs is 1. The molecule has 0 bridgehead atoms. The van der Waals surface area contributed by atoms with Crippen LogP contribution in [0.25, 0.3) is 0 Å². The Hall–Kier alpha value is -2.90. The number of nitrogens with zero attached hydrogens (tertiary/aromatic N) is 1. The lowest BCUT2D eigenvalue weighted by molar-refractivity contribution is -0.145. The molecule has 25 heavy (non-hydrogen) atoms.